The molecule has 0 amide bonds. The molecular formula is C16H15BrFNO. The van der Waals surface area contributed by atoms with Gasteiger partial charge in [-0.2, -0.15) is 0 Å². The summed E-state index contributed by atoms with van der Waals surface area (Å²) in [7, 11) is 0. The normalized spacial score (nSPS) is 17.6. The Bertz CT molecular complexity index is 644. The van der Waals surface area contributed by atoms with Crippen LogP contribution < -0.4 is 5.32 Å². The Kier molecular flexibility index (Phi) is 3.76. The van der Waals surface area contributed by atoms with Gasteiger partial charge in [0.05, 0.1) is 23.7 Å². The smallest absolute Gasteiger partial charge is 0.137 e. The van der Waals surface area contributed by atoms with Crippen LogP contribution in [0.5, 0.6) is 0 Å². The van der Waals surface area contributed by atoms with Crippen LogP contribution in [-0.2, 0) is 11.3 Å². The topological polar surface area (TPSA) is 21.3 Å². The van der Waals surface area contributed by atoms with Gasteiger partial charge in [-0.1, -0.05) is 24.3 Å². The Morgan fingerprint density at radius 3 is 2.95 bits per heavy atom. The summed E-state index contributed by atoms with van der Waals surface area (Å²) in [6.07, 6.45) is 0. The molecule has 0 radical (unpaired) electrons. The van der Waals surface area contributed by atoms with E-state index in [0.717, 1.165) is 11.3 Å². The van der Waals surface area contributed by atoms with Crippen LogP contribution in [0.3, 0.4) is 0 Å². The van der Waals surface area contributed by atoms with Gasteiger partial charge < -0.3 is 10.1 Å². The van der Waals surface area contributed by atoms with Crippen molar-refractivity contribution >= 4 is 21.6 Å². The molecule has 1 unspecified atom stereocenters. The molecule has 1 atom stereocenters. The molecule has 104 valence electrons. The molecule has 0 spiro atoms. The van der Waals surface area contributed by atoms with E-state index in [0.29, 0.717) is 17.7 Å². The lowest BCUT2D eigenvalue weighted by Crippen LogP contribution is -2.23. The minimum atomic E-state index is -0.242. The average molecular weight is 336 g/mol. The fraction of sp³-hybridized carbons (Fsp3) is 0.250. The third-order valence-electron chi connectivity index (χ3n) is 3.57. The van der Waals surface area contributed by atoms with Crippen LogP contribution in [-0.4, -0.2) is 6.61 Å². The van der Waals surface area contributed by atoms with E-state index in [1.54, 1.807) is 6.07 Å². The van der Waals surface area contributed by atoms with Gasteiger partial charge in [0.2, 0.25) is 0 Å². The molecule has 0 bridgehead atoms. The number of aryl methyl sites for hydroxylation is 1. The largest absolute Gasteiger partial charge is 0.376 e. The van der Waals surface area contributed by atoms with E-state index in [2.05, 4.69) is 33.4 Å². The van der Waals surface area contributed by atoms with Gasteiger partial charge in [0.1, 0.15) is 5.82 Å². The van der Waals surface area contributed by atoms with Gasteiger partial charge in [-0.25, -0.2) is 4.39 Å². The summed E-state index contributed by atoms with van der Waals surface area (Å²) in [6, 6.07) is 11.6. The third-order valence-corrected chi connectivity index (χ3v) is 4.18. The quantitative estimate of drug-likeness (QED) is 0.867. The highest BCUT2D eigenvalue weighted by molar-refractivity contribution is 9.10. The van der Waals surface area contributed by atoms with E-state index in [9.17, 15) is 4.39 Å². The van der Waals surface area contributed by atoms with E-state index in [1.165, 1.54) is 17.2 Å². The molecule has 20 heavy (non-hydrogen) atoms. The number of hydrogen-bond donors (Lipinski definition) is 1. The number of ether oxygens (including phenoxy) is 1. The molecule has 0 aliphatic carbocycles. The minimum absolute atomic E-state index is 0.0935. The lowest BCUT2D eigenvalue weighted by Gasteiger charge is -2.28. The number of anilines is 1. The van der Waals surface area contributed by atoms with Gasteiger partial charge in [-0.05, 0) is 51.7 Å². The van der Waals surface area contributed by atoms with Crippen molar-refractivity contribution in [3.05, 3.63) is 63.4 Å². The fourth-order valence-electron chi connectivity index (χ4n) is 2.49. The van der Waals surface area contributed by atoms with E-state index < -0.39 is 0 Å². The first-order valence-corrected chi connectivity index (χ1v) is 7.32. The highest BCUT2D eigenvalue weighted by Gasteiger charge is 2.20. The monoisotopic (exact) mass is 335 g/mol. The van der Waals surface area contributed by atoms with Gasteiger partial charge in [0.25, 0.3) is 0 Å². The Balaban J connectivity index is 1.91. The third kappa shape index (κ3) is 2.58. The van der Waals surface area contributed by atoms with Crippen molar-refractivity contribution in [1.82, 2.24) is 0 Å². The van der Waals surface area contributed by atoms with Crippen molar-refractivity contribution in [2.75, 3.05) is 11.9 Å². The van der Waals surface area contributed by atoms with Gasteiger partial charge in [0, 0.05) is 5.69 Å². The summed E-state index contributed by atoms with van der Waals surface area (Å²) >= 11 is 3.23. The molecule has 1 N–H and O–H groups in total. The molecule has 0 aromatic heterocycles. The van der Waals surface area contributed by atoms with Crippen LogP contribution in [0.4, 0.5) is 10.1 Å². The molecular weight excluding hydrogens is 321 g/mol. The molecule has 2 aromatic rings. The molecule has 0 fully saturated rings. The number of rotatable bonds is 2. The predicted octanol–water partition coefficient (Wildman–Crippen LogP) is 4.58. The summed E-state index contributed by atoms with van der Waals surface area (Å²) in [5.41, 5.74) is 4.26. The first-order chi connectivity index (χ1) is 9.65. The Morgan fingerprint density at radius 2 is 2.10 bits per heavy atom. The van der Waals surface area contributed by atoms with Crippen LogP contribution in [0.15, 0.2) is 40.9 Å². The lowest BCUT2D eigenvalue weighted by atomic mass is 9.98. The maximum atomic E-state index is 13.5. The molecule has 0 saturated carbocycles. The second kappa shape index (κ2) is 5.54. The van der Waals surface area contributed by atoms with Crippen molar-refractivity contribution in [3.8, 4) is 0 Å². The van der Waals surface area contributed by atoms with Crippen molar-refractivity contribution < 1.29 is 9.13 Å². The highest BCUT2D eigenvalue weighted by atomic mass is 79.9. The Labute approximate surface area is 126 Å². The van der Waals surface area contributed by atoms with Gasteiger partial charge in [0.15, 0.2) is 0 Å². The zero-order valence-corrected chi connectivity index (χ0v) is 12.7. The van der Waals surface area contributed by atoms with Crippen LogP contribution >= 0.6 is 15.9 Å². The molecule has 4 heteroatoms. The van der Waals surface area contributed by atoms with Crippen molar-refractivity contribution in [1.29, 1.82) is 0 Å². The van der Waals surface area contributed by atoms with Crippen molar-refractivity contribution in [2.45, 2.75) is 19.6 Å². The van der Waals surface area contributed by atoms with E-state index >= 15 is 0 Å². The van der Waals surface area contributed by atoms with Crippen LogP contribution in [0, 0.1) is 12.7 Å². The highest BCUT2D eigenvalue weighted by Crippen LogP contribution is 2.31. The van der Waals surface area contributed by atoms with Crippen LogP contribution in [0.1, 0.15) is 22.7 Å². The average Bonchev–Trinajstić information content (AvgIpc) is 2.45. The first-order valence-electron chi connectivity index (χ1n) is 6.53. The second-order valence-electron chi connectivity index (χ2n) is 4.99. The van der Waals surface area contributed by atoms with Crippen LogP contribution in [0.25, 0.3) is 0 Å². The summed E-state index contributed by atoms with van der Waals surface area (Å²) in [4.78, 5) is 0. The summed E-state index contributed by atoms with van der Waals surface area (Å²) in [5, 5.41) is 3.45. The first kappa shape index (κ1) is 13.6. The molecule has 1 heterocycles. The molecule has 2 nitrogen and oxygen atoms in total. The lowest BCUT2D eigenvalue weighted by molar-refractivity contribution is 0.0970. The standard InChI is InChI=1S/C16H15BrFNO/c1-10-6-14(18)13(17)7-15(10)19-16-9-20-8-11-4-2-3-5-12(11)16/h2-7,16,19H,8-9H2,1H3. The predicted molar refractivity (Wildman–Crippen MR) is 81.3 cm³/mol. The molecule has 1 aliphatic rings. The maximum Gasteiger partial charge on any atom is 0.137 e. The number of fused-ring (bicyclic) bond motifs is 1. The second-order valence-corrected chi connectivity index (χ2v) is 5.85. The number of halogens is 2. The maximum absolute atomic E-state index is 13.5. The Hall–Kier alpha value is -1.39. The minimum Gasteiger partial charge on any atom is -0.376 e. The van der Waals surface area contributed by atoms with Gasteiger partial charge >= 0.3 is 0 Å². The molecule has 0 saturated heterocycles. The zero-order valence-electron chi connectivity index (χ0n) is 11.1. The van der Waals surface area contributed by atoms with E-state index in [-0.39, 0.29) is 11.9 Å². The fourth-order valence-corrected chi connectivity index (χ4v) is 2.83. The van der Waals surface area contributed by atoms with Gasteiger partial charge in [-0.15, -0.1) is 0 Å². The summed E-state index contributed by atoms with van der Waals surface area (Å²) in [5.74, 6) is -0.242. The molecule has 1 aliphatic heterocycles. The molecule has 2 aromatic carbocycles. The van der Waals surface area contributed by atoms with E-state index in [4.69, 9.17) is 4.74 Å². The van der Waals surface area contributed by atoms with Crippen molar-refractivity contribution in [2.24, 2.45) is 0 Å². The molecule has 3 rings (SSSR count). The number of hydrogen-bond acceptors (Lipinski definition) is 2. The summed E-state index contributed by atoms with van der Waals surface area (Å²) in [6.45, 7) is 3.17. The SMILES string of the molecule is Cc1cc(F)c(Br)cc1NC1COCc2ccccc21. The Morgan fingerprint density at radius 1 is 1.30 bits per heavy atom. The number of benzene rings is 2. The number of nitrogens with one attached hydrogen (secondary N) is 1. The van der Waals surface area contributed by atoms with Gasteiger partial charge in [-0.3, -0.25) is 0 Å². The summed E-state index contributed by atoms with van der Waals surface area (Å²) < 4.78 is 19.6. The van der Waals surface area contributed by atoms with Crippen LogP contribution in [0.2, 0.25) is 0 Å². The van der Waals surface area contributed by atoms with Crippen molar-refractivity contribution in [3.63, 3.8) is 0 Å². The zero-order chi connectivity index (χ0) is 14.1. The van der Waals surface area contributed by atoms with E-state index in [1.807, 2.05) is 19.1 Å².